The van der Waals surface area contributed by atoms with E-state index in [1.165, 1.54) is 88.2 Å². The van der Waals surface area contributed by atoms with Gasteiger partial charge in [-0.15, -0.1) is 0 Å². The molecule has 0 aliphatic heterocycles. The van der Waals surface area contributed by atoms with E-state index in [0.29, 0.717) is 12.3 Å². The van der Waals surface area contributed by atoms with Crippen LogP contribution in [0.2, 0.25) is 0 Å². The van der Waals surface area contributed by atoms with Crippen molar-refractivity contribution < 1.29 is 4.39 Å². The van der Waals surface area contributed by atoms with Gasteiger partial charge < -0.3 is 0 Å². The van der Waals surface area contributed by atoms with E-state index in [-0.39, 0.29) is 6.67 Å². The molecule has 1 saturated carbocycles. The Morgan fingerprint density at radius 3 is 2.19 bits per heavy atom. The van der Waals surface area contributed by atoms with E-state index < -0.39 is 0 Å². The van der Waals surface area contributed by atoms with Crippen LogP contribution in [0.1, 0.15) is 88.7 Å². The van der Waals surface area contributed by atoms with Crippen LogP contribution in [0.4, 0.5) is 4.39 Å². The maximum Gasteiger partial charge on any atom is 0.0928 e. The molecule has 0 nitrogen and oxygen atoms in total. The van der Waals surface area contributed by atoms with Gasteiger partial charge in [0.15, 0.2) is 0 Å². The molecule has 0 saturated heterocycles. The largest absolute Gasteiger partial charge is 0.251 e. The van der Waals surface area contributed by atoms with Crippen LogP contribution in [-0.2, 0) is 12.8 Å². The zero-order valence-electron chi connectivity index (χ0n) is 16.9. The molecule has 0 bridgehead atoms. The third kappa shape index (κ3) is 8.52. The van der Waals surface area contributed by atoms with Crippen molar-refractivity contribution in [1.29, 1.82) is 0 Å². The Morgan fingerprint density at radius 1 is 0.885 bits per heavy atom. The molecule has 0 amide bonds. The third-order valence-corrected chi connectivity index (χ3v) is 6.01. The molecule has 1 aliphatic rings. The van der Waals surface area contributed by atoms with E-state index in [4.69, 9.17) is 0 Å². The van der Waals surface area contributed by atoms with Gasteiger partial charge in [-0.25, -0.2) is 0 Å². The van der Waals surface area contributed by atoms with Crippen LogP contribution >= 0.6 is 0 Å². The summed E-state index contributed by atoms with van der Waals surface area (Å²) in [4.78, 5) is 0. The van der Waals surface area contributed by atoms with Gasteiger partial charge in [0.2, 0.25) is 0 Å². The molecule has 146 valence electrons. The van der Waals surface area contributed by atoms with Gasteiger partial charge in [0.1, 0.15) is 0 Å². The van der Waals surface area contributed by atoms with E-state index in [2.05, 4.69) is 37.3 Å². The summed E-state index contributed by atoms with van der Waals surface area (Å²) in [6, 6.07) is 9.41. The van der Waals surface area contributed by atoms with Gasteiger partial charge in [-0.3, -0.25) is 4.39 Å². The third-order valence-electron chi connectivity index (χ3n) is 6.01. The van der Waals surface area contributed by atoms with Crippen LogP contribution in [0, 0.1) is 11.8 Å². The molecule has 0 aromatic heterocycles. The van der Waals surface area contributed by atoms with Crippen LogP contribution in [-0.4, -0.2) is 6.67 Å². The summed E-state index contributed by atoms with van der Waals surface area (Å²) < 4.78 is 12.2. The first-order valence-corrected chi connectivity index (χ1v) is 11.1. The molecule has 1 heteroatoms. The van der Waals surface area contributed by atoms with E-state index in [1.807, 2.05) is 6.08 Å². The highest BCUT2D eigenvalue weighted by Gasteiger charge is 2.19. The first-order chi connectivity index (χ1) is 12.8. The number of rotatable bonds is 12. The maximum absolute atomic E-state index is 12.2. The normalized spacial score (nSPS) is 20.7. The van der Waals surface area contributed by atoms with E-state index in [0.717, 1.165) is 5.92 Å². The van der Waals surface area contributed by atoms with E-state index >= 15 is 0 Å². The molecule has 0 heterocycles. The number of hydrogen-bond acceptors (Lipinski definition) is 0. The number of hydrogen-bond donors (Lipinski definition) is 0. The lowest BCUT2D eigenvalue weighted by molar-refractivity contribution is 0.296. The summed E-state index contributed by atoms with van der Waals surface area (Å²) in [7, 11) is 0. The Kier molecular flexibility index (Phi) is 10.7. The first-order valence-electron chi connectivity index (χ1n) is 11.1. The average Bonchev–Trinajstić information content (AvgIpc) is 2.68. The number of aryl methyl sites for hydroxylation is 2. The first kappa shape index (κ1) is 21.2. The van der Waals surface area contributed by atoms with Crippen molar-refractivity contribution in [2.75, 3.05) is 6.67 Å². The molecular formula is C25H39F. The zero-order valence-corrected chi connectivity index (χ0v) is 16.9. The molecule has 0 unspecified atom stereocenters. The summed E-state index contributed by atoms with van der Waals surface area (Å²) in [6.07, 6.45) is 20.8. The quantitative estimate of drug-likeness (QED) is 0.263. The van der Waals surface area contributed by atoms with Crippen LogP contribution in [0.25, 0.3) is 0 Å². The van der Waals surface area contributed by atoms with Crippen LogP contribution in [0.5, 0.6) is 0 Å². The summed E-state index contributed by atoms with van der Waals surface area (Å²) in [5.41, 5.74) is 3.01. The van der Waals surface area contributed by atoms with Gasteiger partial charge in [0, 0.05) is 0 Å². The van der Waals surface area contributed by atoms with Gasteiger partial charge >= 0.3 is 0 Å². The second kappa shape index (κ2) is 13.1. The Labute approximate surface area is 161 Å². The molecule has 1 aromatic carbocycles. The molecule has 1 aromatic rings. The van der Waals surface area contributed by atoms with Crippen molar-refractivity contribution in [3.8, 4) is 0 Å². The smallest absolute Gasteiger partial charge is 0.0928 e. The summed E-state index contributed by atoms with van der Waals surface area (Å²) in [5.74, 6) is 1.59. The van der Waals surface area contributed by atoms with Gasteiger partial charge in [0.25, 0.3) is 0 Å². The number of alkyl halides is 1. The van der Waals surface area contributed by atoms with Gasteiger partial charge in [-0.1, -0.05) is 69.0 Å². The Morgan fingerprint density at radius 2 is 1.54 bits per heavy atom. The maximum atomic E-state index is 12.2. The molecule has 1 aliphatic carbocycles. The minimum absolute atomic E-state index is 0.219. The Balaban J connectivity index is 1.61. The predicted molar refractivity (Wildman–Crippen MR) is 112 cm³/mol. The molecule has 26 heavy (non-hydrogen) atoms. The number of halogens is 1. The monoisotopic (exact) mass is 358 g/mol. The average molecular weight is 359 g/mol. The molecular weight excluding hydrogens is 319 g/mol. The fourth-order valence-electron chi connectivity index (χ4n) is 4.20. The standard InChI is InChI=1S/C25H39F/c1-2-3-4-5-6-9-22-11-15-24(16-12-22)19-20-25-17-13-23(14-18-25)10-7-8-21-26/h7,10-12,15-16,23,25H,2-6,8-9,13-14,17-21H2,1H3/b10-7+. The minimum Gasteiger partial charge on any atom is -0.251 e. The van der Waals surface area contributed by atoms with Crippen molar-refractivity contribution in [1.82, 2.24) is 0 Å². The molecule has 0 spiro atoms. The zero-order chi connectivity index (χ0) is 18.5. The van der Waals surface area contributed by atoms with Crippen molar-refractivity contribution in [3.05, 3.63) is 47.5 Å². The van der Waals surface area contributed by atoms with Crippen LogP contribution in [0.15, 0.2) is 36.4 Å². The van der Waals surface area contributed by atoms with Crippen molar-refractivity contribution in [2.45, 2.75) is 90.4 Å². The second-order valence-corrected chi connectivity index (χ2v) is 8.21. The topological polar surface area (TPSA) is 0 Å². The van der Waals surface area contributed by atoms with Gasteiger partial charge in [0.05, 0.1) is 6.67 Å². The fourth-order valence-corrected chi connectivity index (χ4v) is 4.20. The predicted octanol–water partition coefficient (Wildman–Crippen LogP) is 7.85. The fraction of sp³-hybridized carbons (Fsp3) is 0.680. The van der Waals surface area contributed by atoms with Gasteiger partial charge in [-0.05, 0) is 80.8 Å². The van der Waals surface area contributed by atoms with Crippen LogP contribution in [0.3, 0.4) is 0 Å². The molecule has 0 atom stereocenters. The van der Waals surface area contributed by atoms with Gasteiger partial charge in [-0.2, -0.15) is 0 Å². The SMILES string of the molecule is CCCCCCCc1ccc(CCC2CCC(/C=C/CCF)CC2)cc1. The molecule has 0 N–H and O–H groups in total. The second-order valence-electron chi connectivity index (χ2n) is 8.21. The summed E-state index contributed by atoms with van der Waals surface area (Å²) >= 11 is 0. The molecule has 0 radical (unpaired) electrons. The number of unbranched alkanes of at least 4 members (excludes halogenated alkanes) is 4. The Hall–Kier alpha value is -1.11. The van der Waals surface area contributed by atoms with E-state index in [9.17, 15) is 4.39 Å². The lowest BCUT2D eigenvalue weighted by atomic mass is 9.79. The Bertz CT molecular complexity index is 479. The lowest BCUT2D eigenvalue weighted by Gasteiger charge is -2.26. The summed E-state index contributed by atoms with van der Waals surface area (Å²) in [6.45, 7) is 2.06. The van der Waals surface area contributed by atoms with Crippen molar-refractivity contribution in [2.24, 2.45) is 11.8 Å². The summed E-state index contributed by atoms with van der Waals surface area (Å²) in [5, 5.41) is 0. The van der Waals surface area contributed by atoms with Crippen molar-refractivity contribution in [3.63, 3.8) is 0 Å². The van der Waals surface area contributed by atoms with E-state index in [1.54, 1.807) is 0 Å². The minimum atomic E-state index is -0.219. The highest BCUT2D eigenvalue weighted by molar-refractivity contribution is 5.22. The van der Waals surface area contributed by atoms with Crippen molar-refractivity contribution >= 4 is 0 Å². The number of allylic oxidation sites excluding steroid dienone is 2. The lowest BCUT2D eigenvalue weighted by Crippen LogP contribution is -2.13. The highest BCUT2D eigenvalue weighted by Crippen LogP contribution is 2.32. The molecule has 1 fully saturated rings. The highest BCUT2D eigenvalue weighted by atomic mass is 19.1. The molecule has 2 rings (SSSR count). The number of benzene rings is 1. The van der Waals surface area contributed by atoms with Crippen LogP contribution < -0.4 is 0 Å².